The molecule has 6 rings (SSSR count). The van der Waals surface area contributed by atoms with E-state index >= 15 is 0 Å². The monoisotopic (exact) mass is 1250 g/mol. The number of nitrogens with zero attached hydrogens (tertiary/aromatic N) is 9. The zero-order chi connectivity index (χ0) is 61.3. The van der Waals surface area contributed by atoms with Gasteiger partial charge in [-0.3, -0.25) is 38.0 Å². The van der Waals surface area contributed by atoms with Crippen LogP contribution in [0.15, 0.2) is 55.2 Å². The number of carbonyl (C=O) groups excluding carboxylic acids is 8. The van der Waals surface area contributed by atoms with Gasteiger partial charge in [-0.2, -0.15) is 10.4 Å². The van der Waals surface area contributed by atoms with E-state index in [1.807, 2.05) is 10.9 Å². The average molecular weight is 1250 g/mol. The van der Waals surface area contributed by atoms with Crippen LogP contribution < -0.4 is 27.0 Å². The molecule has 28 heteroatoms. The van der Waals surface area contributed by atoms with Crippen LogP contribution in [-0.2, 0) is 59.1 Å². The first kappa shape index (κ1) is 66.6. The molecule has 1 saturated carbocycles. The molecule has 1 aliphatic heterocycles. The molecule has 1 saturated heterocycles. The fourth-order valence-corrected chi connectivity index (χ4v) is 10.1. The van der Waals surface area contributed by atoms with Crippen molar-refractivity contribution in [3.05, 3.63) is 60.8 Å². The third-order valence-electron chi connectivity index (χ3n) is 14.5. The topological polar surface area (TPSA) is 339 Å². The number of carbonyl (C=O) groups is 8. The first-order valence-corrected chi connectivity index (χ1v) is 29.7. The zero-order valence-corrected chi connectivity index (χ0v) is 50.3. The van der Waals surface area contributed by atoms with Crippen molar-refractivity contribution < 1.29 is 62.0 Å². The van der Waals surface area contributed by atoms with E-state index in [-0.39, 0.29) is 88.1 Å². The van der Waals surface area contributed by atoms with Crippen LogP contribution in [0.2, 0.25) is 0 Å². The SMILES string of the molecule is CC(C)[C@H](NC(=O)[C@@H]1CCCN1C(=O)[C@H](CC(N)=O)NC(=O)CCOCCOCCOCCOCCNC(=O)CBr)C(=O)Nc1ccc(COC(=O)N(C)CCN(C)C(=O)n2ccc3c(-c4cnn([C@H](CC#N)C5CCCC5)c4)ncnc32)cc1. The number of ether oxygens (including phenoxy) is 5. The van der Waals surface area contributed by atoms with E-state index in [4.69, 9.17) is 29.4 Å². The summed E-state index contributed by atoms with van der Waals surface area (Å²) in [5.74, 6) is -3.25. The second-order valence-electron chi connectivity index (χ2n) is 21.1. The van der Waals surface area contributed by atoms with E-state index in [1.165, 1.54) is 25.6 Å². The first-order chi connectivity index (χ1) is 41.0. The number of nitrogens with two attached hydrogens (primary N) is 1. The predicted octanol–water partition coefficient (Wildman–Crippen LogP) is 3.51. The second-order valence-corrected chi connectivity index (χ2v) is 21.6. The van der Waals surface area contributed by atoms with E-state index in [9.17, 15) is 43.6 Å². The Morgan fingerprint density at radius 1 is 0.835 bits per heavy atom. The maximum Gasteiger partial charge on any atom is 0.409 e. The van der Waals surface area contributed by atoms with Crippen LogP contribution in [0.1, 0.15) is 83.2 Å². The second kappa shape index (κ2) is 34.4. The van der Waals surface area contributed by atoms with Gasteiger partial charge in [0, 0.05) is 75.7 Å². The molecular formula is C57H79BrN14O13. The number of benzene rings is 1. The summed E-state index contributed by atoms with van der Waals surface area (Å²) in [6, 6.07) is 6.99. The molecule has 0 unspecified atom stereocenters. The summed E-state index contributed by atoms with van der Waals surface area (Å²) in [5, 5.41) is 25.9. The quantitative estimate of drug-likeness (QED) is 0.0330. The Bertz CT molecular complexity index is 2910. The molecule has 4 aromatic rings. The number of nitrogens with one attached hydrogen (secondary N) is 4. The van der Waals surface area contributed by atoms with Gasteiger partial charge in [0.15, 0.2) is 5.65 Å². The molecule has 0 bridgehead atoms. The van der Waals surface area contributed by atoms with Gasteiger partial charge < -0.3 is 65.4 Å². The first-order valence-electron chi connectivity index (χ1n) is 28.6. The Labute approximate surface area is 502 Å². The summed E-state index contributed by atoms with van der Waals surface area (Å²) in [6.45, 7) is 6.54. The van der Waals surface area contributed by atoms with Crippen molar-refractivity contribution in [2.75, 3.05) is 104 Å². The number of amides is 8. The molecule has 2 aliphatic rings. The van der Waals surface area contributed by atoms with Gasteiger partial charge >= 0.3 is 12.1 Å². The molecular weight excluding hydrogens is 1170 g/mol. The number of likely N-dealkylation sites (tertiary alicyclic amines) is 1. The molecule has 27 nitrogen and oxygen atoms in total. The van der Waals surface area contributed by atoms with E-state index in [0.717, 1.165) is 31.2 Å². The maximum absolute atomic E-state index is 13.8. The minimum Gasteiger partial charge on any atom is -0.445 e. The maximum atomic E-state index is 13.8. The highest BCUT2D eigenvalue weighted by Crippen LogP contribution is 2.37. The highest BCUT2D eigenvalue weighted by molar-refractivity contribution is 9.09. The van der Waals surface area contributed by atoms with Crippen molar-refractivity contribution in [3.63, 3.8) is 0 Å². The number of anilines is 1. The lowest BCUT2D eigenvalue weighted by Gasteiger charge is -2.30. The van der Waals surface area contributed by atoms with Crippen LogP contribution in [0, 0.1) is 23.2 Å². The lowest BCUT2D eigenvalue weighted by molar-refractivity contribution is -0.143. The van der Waals surface area contributed by atoms with Crippen molar-refractivity contribution in [2.45, 2.75) is 102 Å². The van der Waals surface area contributed by atoms with Crippen molar-refractivity contribution in [3.8, 4) is 17.3 Å². The molecule has 6 N–H and O–H groups in total. The number of likely N-dealkylation sites (N-methyl/N-ethyl adjacent to an activating group) is 2. The number of nitriles is 1. The van der Waals surface area contributed by atoms with Gasteiger partial charge in [0.25, 0.3) is 0 Å². The summed E-state index contributed by atoms with van der Waals surface area (Å²) in [4.78, 5) is 117. The number of fused-ring (bicyclic) bond motifs is 1. The van der Waals surface area contributed by atoms with E-state index in [2.05, 4.69) is 58.3 Å². The summed E-state index contributed by atoms with van der Waals surface area (Å²) >= 11 is 3.07. The number of aromatic nitrogens is 5. The van der Waals surface area contributed by atoms with Gasteiger partial charge in [0.2, 0.25) is 35.4 Å². The number of rotatable bonds is 34. The Kier molecular flexibility index (Phi) is 26.9. The highest BCUT2D eigenvalue weighted by Gasteiger charge is 2.40. The lowest BCUT2D eigenvalue weighted by Crippen LogP contribution is -2.57. The molecule has 1 aromatic carbocycles. The van der Waals surface area contributed by atoms with Crippen LogP contribution in [0.3, 0.4) is 0 Å². The fraction of sp³-hybridized carbons (Fsp3) is 0.579. The van der Waals surface area contributed by atoms with Crippen LogP contribution in [-0.4, -0.2) is 203 Å². The van der Waals surface area contributed by atoms with Gasteiger partial charge in [0.05, 0.1) is 95.0 Å². The van der Waals surface area contributed by atoms with Crippen LogP contribution in [0.5, 0.6) is 0 Å². The highest BCUT2D eigenvalue weighted by atomic mass is 79.9. The number of primary amides is 1. The van der Waals surface area contributed by atoms with Crippen molar-refractivity contribution in [1.29, 1.82) is 5.26 Å². The Morgan fingerprint density at radius 3 is 2.16 bits per heavy atom. The minimum absolute atomic E-state index is 0.00504. The van der Waals surface area contributed by atoms with Crippen molar-refractivity contribution in [1.82, 2.24) is 55.0 Å². The van der Waals surface area contributed by atoms with Gasteiger partial charge in [0.1, 0.15) is 31.1 Å². The van der Waals surface area contributed by atoms with Crippen LogP contribution in [0.4, 0.5) is 15.3 Å². The summed E-state index contributed by atoms with van der Waals surface area (Å²) < 4.78 is 30.6. The minimum atomic E-state index is -1.33. The molecule has 3 aromatic heterocycles. The molecule has 0 spiro atoms. The average Bonchev–Trinajstić information content (AvgIpc) is 2.25. The third kappa shape index (κ3) is 20.3. The van der Waals surface area contributed by atoms with E-state index in [1.54, 1.807) is 70.7 Å². The number of hydrogen-bond donors (Lipinski definition) is 5. The third-order valence-corrected chi connectivity index (χ3v) is 15.1. The predicted molar refractivity (Wildman–Crippen MR) is 313 cm³/mol. The summed E-state index contributed by atoms with van der Waals surface area (Å²) in [7, 11) is 3.18. The Balaban J connectivity index is 0.893. The fourth-order valence-electron chi connectivity index (χ4n) is 9.91. The number of alkyl halides is 1. The van der Waals surface area contributed by atoms with Gasteiger partial charge in [-0.25, -0.2) is 19.6 Å². The lowest BCUT2D eigenvalue weighted by atomic mass is 9.96. The molecule has 462 valence electrons. The molecule has 8 amide bonds. The normalized spacial score (nSPS) is 15.2. The summed E-state index contributed by atoms with van der Waals surface area (Å²) in [5.41, 5.74) is 8.29. The Morgan fingerprint density at radius 2 is 1.51 bits per heavy atom. The standard InChI is InChI=1S/C57H79BrN14O13/c1-38(2)50(67-53(76)46-10-7-20-70(46)55(78)44(32-47(60)73)66-48(74)17-24-81-26-28-83-30-31-84-29-27-82-25-19-61-49(75)33-58)54(77)65-42-13-11-39(12-14-42)36-85-57(80)69(4)23-22-68(3)56(79)71-21-16-43-51(62-37-63-52(43)71)41-34-64-72(35-41)45(15-18-59)40-8-5-6-9-40/h11-14,16,21,34-35,37-38,40,44-46,50H,5-10,15,17,19-20,22-33,36H2,1-4H3,(H2,60,73)(H,61,75)(H,65,77)(H,66,74)(H,67,76)/t44-,45+,46-,50-/m0/s1. The van der Waals surface area contributed by atoms with Gasteiger partial charge in [-0.15, -0.1) is 0 Å². The molecule has 1 aliphatic carbocycles. The van der Waals surface area contributed by atoms with Gasteiger partial charge in [-0.05, 0) is 61.3 Å². The van der Waals surface area contributed by atoms with Crippen molar-refractivity contribution in [2.24, 2.45) is 17.6 Å². The molecule has 2 fully saturated rings. The molecule has 4 atom stereocenters. The summed E-state index contributed by atoms with van der Waals surface area (Å²) in [6.07, 6.45) is 11.0. The van der Waals surface area contributed by atoms with Crippen molar-refractivity contribution >= 4 is 80.2 Å². The van der Waals surface area contributed by atoms with Gasteiger partial charge in [-0.1, -0.05) is 54.8 Å². The van der Waals surface area contributed by atoms with Crippen LogP contribution in [0.25, 0.3) is 22.3 Å². The largest absolute Gasteiger partial charge is 0.445 e. The smallest absolute Gasteiger partial charge is 0.409 e. The number of hydrogen-bond acceptors (Lipinski definition) is 17. The Hall–Kier alpha value is -7.58. The van der Waals surface area contributed by atoms with E-state index in [0.29, 0.717) is 86.3 Å². The number of halogens is 1. The van der Waals surface area contributed by atoms with E-state index < -0.39 is 60.2 Å². The molecule has 4 heterocycles. The molecule has 85 heavy (non-hydrogen) atoms. The van der Waals surface area contributed by atoms with Crippen LogP contribution >= 0.6 is 15.9 Å². The zero-order valence-electron chi connectivity index (χ0n) is 48.7. The molecule has 0 radical (unpaired) electrons.